The van der Waals surface area contributed by atoms with Crippen molar-refractivity contribution in [2.24, 2.45) is 0 Å². The summed E-state index contributed by atoms with van der Waals surface area (Å²) in [6.45, 7) is 0.249. The van der Waals surface area contributed by atoms with Crippen LogP contribution in [-0.2, 0) is 4.79 Å². The van der Waals surface area contributed by atoms with Crippen LogP contribution in [0.5, 0.6) is 0 Å². The van der Waals surface area contributed by atoms with E-state index >= 15 is 0 Å². The molecular weight excluding hydrogens is 213 g/mol. The molecule has 0 saturated heterocycles. The molecule has 0 radical (unpaired) electrons. The molecule has 0 heterocycles. The molecule has 3 N–H and O–H groups in total. The Morgan fingerprint density at radius 3 is 2.56 bits per heavy atom. The van der Waals surface area contributed by atoms with Gasteiger partial charge >= 0.3 is 5.97 Å². The zero-order valence-electron chi connectivity index (χ0n) is 8.69. The van der Waals surface area contributed by atoms with E-state index in [4.69, 9.17) is 5.11 Å². The Labute approximate surface area is 92.7 Å². The van der Waals surface area contributed by atoms with Gasteiger partial charge in [-0.25, -0.2) is 4.39 Å². The van der Waals surface area contributed by atoms with Crippen molar-refractivity contribution >= 4 is 11.7 Å². The molecule has 1 atom stereocenters. The summed E-state index contributed by atoms with van der Waals surface area (Å²) in [4.78, 5) is 10.2. The fraction of sp³-hybridized carbons (Fsp3) is 0.364. The van der Waals surface area contributed by atoms with E-state index in [-0.39, 0.29) is 25.2 Å². The quantitative estimate of drug-likeness (QED) is 0.688. The number of hydrogen-bond acceptors (Lipinski definition) is 3. The lowest BCUT2D eigenvalue weighted by molar-refractivity contribution is -0.137. The van der Waals surface area contributed by atoms with Crippen LogP contribution in [0, 0.1) is 5.82 Å². The van der Waals surface area contributed by atoms with E-state index in [2.05, 4.69) is 5.32 Å². The Kier molecular flexibility index (Phi) is 4.72. The molecule has 0 aliphatic rings. The highest BCUT2D eigenvalue weighted by molar-refractivity contribution is 5.66. The van der Waals surface area contributed by atoms with Gasteiger partial charge in [0.25, 0.3) is 0 Å². The second-order valence-corrected chi connectivity index (χ2v) is 3.47. The smallest absolute Gasteiger partial charge is 0.303 e. The lowest BCUT2D eigenvalue weighted by Crippen LogP contribution is -2.20. The van der Waals surface area contributed by atoms with E-state index in [1.165, 1.54) is 12.1 Å². The number of benzene rings is 1. The lowest BCUT2D eigenvalue weighted by atomic mass is 10.2. The van der Waals surface area contributed by atoms with Gasteiger partial charge in [0, 0.05) is 18.7 Å². The lowest BCUT2D eigenvalue weighted by Gasteiger charge is -2.11. The molecule has 0 amide bonds. The maximum absolute atomic E-state index is 12.6. The second-order valence-electron chi connectivity index (χ2n) is 3.47. The zero-order chi connectivity index (χ0) is 12.0. The molecule has 1 rings (SSSR count). The Bertz CT molecular complexity index is 340. The van der Waals surface area contributed by atoms with Crippen molar-refractivity contribution in [3.8, 4) is 0 Å². The first-order chi connectivity index (χ1) is 7.58. The summed E-state index contributed by atoms with van der Waals surface area (Å²) in [5.74, 6) is -1.25. The first-order valence-electron chi connectivity index (χ1n) is 4.97. The van der Waals surface area contributed by atoms with Gasteiger partial charge in [0.15, 0.2) is 0 Å². The van der Waals surface area contributed by atoms with Crippen LogP contribution in [0.25, 0.3) is 0 Å². The predicted octanol–water partition coefficient (Wildman–Crippen LogP) is 1.46. The highest BCUT2D eigenvalue weighted by Gasteiger charge is 2.06. The molecule has 1 unspecified atom stereocenters. The molecule has 1 aromatic rings. The van der Waals surface area contributed by atoms with Crippen LogP contribution in [0.2, 0.25) is 0 Å². The summed E-state index contributed by atoms with van der Waals surface area (Å²) in [6, 6.07) is 5.73. The van der Waals surface area contributed by atoms with Crippen molar-refractivity contribution in [1.82, 2.24) is 0 Å². The summed E-state index contributed by atoms with van der Waals surface area (Å²) < 4.78 is 12.6. The van der Waals surface area contributed by atoms with E-state index in [1.807, 2.05) is 0 Å². The van der Waals surface area contributed by atoms with E-state index in [0.717, 1.165) is 0 Å². The minimum absolute atomic E-state index is 0.0632. The molecule has 16 heavy (non-hydrogen) atoms. The molecule has 0 saturated carbocycles. The van der Waals surface area contributed by atoms with Crippen molar-refractivity contribution in [3.05, 3.63) is 30.1 Å². The molecule has 0 bridgehead atoms. The third-order valence-corrected chi connectivity index (χ3v) is 2.08. The van der Waals surface area contributed by atoms with Crippen LogP contribution < -0.4 is 5.32 Å². The van der Waals surface area contributed by atoms with Gasteiger partial charge in [0.2, 0.25) is 0 Å². The Balaban J connectivity index is 2.28. The number of carboxylic acids is 1. The third kappa shape index (κ3) is 4.75. The topological polar surface area (TPSA) is 69.6 Å². The van der Waals surface area contributed by atoms with E-state index in [1.54, 1.807) is 12.1 Å². The van der Waals surface area contributed by atoms with Crippen LogP contribution in [0.15, 0.2) is 24.3 Å². The first-order valence-corrected chi connectivity index (χ1v) is 4.97. The molecule has 88 valence electrons. The van der Waals surface area contributed by atoms with Crippen LogP contribution in [-0.4, -0.2) is 28.8 Å². The van der Waals surface area contributed by atoms with Crippen LogP contribution in [0.3, 0.4) is 0 Å². The fourth-order valence-electron chi connectivity index (χ4n) is 1.20. The monoisotopic (exact) mass is 227 g/mol. The van der Waals surface area contributed by atoms with Crippen molar-refractivity contribution in [3.63, 3.8) is 0 Å². The Hall–Kier alpha value is -1.62. The largest absolute Gasteiger partial charge is 0.481 e. The van der Waals surface area contributed by atoms with Gasteiger partial charge in [0.05, 0.1) is 6.10 Å². The van der Waals surface area contributed by atoms with Gasteiger partial charge in [0.1, 0.15) is 5.82 Å². The normalized spacial score (nSPS) is 12.1. The average molecular weight is 227 g/mol. The van der Waals surface area contributed by atoms with Crippen molar-refractivity contribution in [2.45, 2.75) is 18.9 Å². The molecule has 4 nitrogen and oxygen atoms in total. The molecular formula is C11H14FNO3. The predicted molar refractivity (Wildman–Crippen MR) is 57.8 cm³/mol. The summed E-state index contributed by atoms with van der Waals surface area (Å²) in [7, 11) is 0. The fourth-order valence-corrected chi connectivity index (χ4v) is 1.20. The number of aliphatic hydroxyl groups is 1. The molecule has 1 aromatic carbocycles. The highest BCUT2D eigenvalue weighted by Crippen LogP contribution is 2.08. The number of rotatable bonds is 6. The van der Waals surface area contributed by atoms with Crippen molar-refractivity contribution in [1.29, 1.82) is 0 Å². The van der Waals surface area contributed by atoms with Gasteiger partial charge in [-0.1, -0.05) is 0 Å². The second kappa shape index (κ2) is 6.07. The van der Waals surface area contributed by atoms with E-state index < -0.39 is 12.1 Å². The number of carbonyl (C=O) groups is 1. The maximum atomic E-state index is 12.6. The zero-order valence-corrected chi connectivity index (χ0v) is 8.69. The number of anilines is 1. The third-order valence-electron chi connectivity index (χ3n) is 2.08. The summed E-state index contributed by atoms with van der Waals surface area (Å²) in [5.41, 5.74) is 0.691. The van der Waals surface area contributed by atoms with Crippen LogP contribution in [0.1, 0.15) is 12.8 Å². The van der Waals surface area contributed by atoms with E-state index in [9.17, 15) is 14.3 Å². The summed E-state index contributed by atoms with van der Waals surface area (Å²) in [6.07, 6.45) is -0.586. The van der Waals surface area contributed by atoms with Crippen molar-refractivity contribution < 1.29 is 19.4 Å². The average Bonchev–Trinajstić information content (AvgIpc) is 2.25. The summed E-state index contributed by atoms with van der Waals surface area (Å²) in [5, 5.41) is 20.7. The van der Waals surface area contributed by atoms with Crippen LogP contribution >= 0.6 is 0 Å². The SMILES string of the molecule is O=C(O)CCC(O)CNc1ccc(F)cc1. The molecule has 0 spiro atoms. The Morgan fingerprint density at radius 2 is 2.00 bits per heavy atom. The van der Waals surface area contributed by atoms with Crippen LogP contribution in [0.4, 0.5) is 10.1 Å². The highest BCUT2D eigenvalue weighted by atomic mass is 19.1. The maximum Gasteiger partial charge on any atom is 0.303 e. The standard InChI is InChI=1S/C11H14FNO3/c12-8-1-3-9(4-2-8)13-7-10(14)5-6-11(15)16/h1-4,10,13-14H,5-7H2,(H,15,16). The first kappa shape index (κ1) is 12.4. The minimum atomic E-state index is -0.930. The van der Waals surface area contributed by atoms with Gasteiger partial charge in [-0.3, -0.25) is 4.79 Å². The molecule has 0 aliphatic heterocycles. The Morgan fingerprint density at radius 1 is 1.38 bits per heavy atom. The number of carboxylic acid groups (broad SMARTS) is 1. The van der Waals surface area contributed by atoms with E-state index in [0.29, 0.717) is 5.69 Å². The molecule has 0 aromatic heterocycles. The number of aliphatic hydroxyl groups excluding tert-OH is 1. The molecule has 0 fully saturated rings. The number of halogens is 1. The molecule has 0 aliphatic carbocycles. The molecule has 5 heteroatoms. The number of aliphatic carboxylic acids is 1. The van der Waals surface area contributed by atoms with Gasteiger partial charge < -0.3 is 15.5 Å². The van der Waals surface area contributed by atoms with Gasteiger partial charge in [-0.05, 0) is 30.7 Å². The van der Waals surface area contributed by atoms with Crippen molar-refractivity contribution in [2.75, 3.05) is 11.9 Å². The van der Waals surface area contributed by atoms with Gasteiger partial charge in [-0.15, -0.1) is 0 Å². The van der Waals surface area contributed by atoms with Gasteiger partial charge in [-0.2, -0.15) is 0 Å². The number of nitrogens with one attached hydrogen (secondary N) is 1. The number of hydrogen-bond donors (Lipinski definition) is 3. The minimum Gasteiger partial charge on any atom is -0.481 e. The summed E-state index contributed by atoms with van der Waals surface area (Å²) >= 11 is 0.